The number of pyridine rings is 1. The topological polar surface area (TPSA) is 42.2 Å². The van der Waals surface area contributed by atoms with Gasteiger partial charge in [-0.05, 0) is 26.0 Å². The van der Waals surface area contributed by atoms with E-state index in [0.717, 1.165) is 10.9 Å². The van der Waals surface area contributed by atoms with Crippen LogP contribution >= 0.6 is 0 Å². The van der Waals surface area contributed by atoms with Crippen LogP contribution in [0.1, 0.15) is 19.4 Å². The van der Waals surface area contributed by atoms with E-state index in [9.17, 15) is 13.2 Å². The minimum atomic E-state index is -4.23. The fourth-order valence-electron chi connectivity index (χ4n) is 2.17. The van der Waals surface area contributed by atoms with Gasteiger partial charge in [-0.1, -0.05) is 18.2 Å². The van der Waals surface area contributed by atoms with E-state index in [4.69, 9.17) is 5.73 Å². The average Bonchev–Trinajstić information content (AvgIpc) is 2.37. The summed E-state index contributed by atoms with van der Waals surface area (Å²) < 4.78 is 37.9. The van der Waals surface area contributed by atoms with Crippen molar-refractivity contribution in [2.75, 3.05) is 12.3 Å². The Hall–Kier alpha value is -1.82. The van der Waals surface area contributed by atoms with E-state index in [1.54, 1.807) is 13.8 Å². The second-order valence-corrected chi connectivity index (χ2v) is 5.34. The fraction of sp³-hybridized carbons (Fsp3) is 0.400. The molecule has 0 atom stereocenters. The van der Waals surface area contributed by atoms with Crippen LogP contribution in [0, 0.1) is 0 Å². The Labute approximate surface area is 121 Å². The van der Waals surface area contributed by atoms with Crippen molar-refractivity contribution in [1.29, 1.82) is 0 Å². The van der Waals surface area contributed by atoms with Gasteiger partial charge in [-0.2, -0.15) is 13.2 Å². The number of nitrogens with two attached hydrogens (primary N) is 1. The van der Waals surface area contributed by atoms with Gasteiger partial charge < -0.3 is 5.73 Å². The van der Waals surface area contributed by atoms with Crippen molar-refractivity contribution in [3.05, 3.63) is 35.9 Å². The van der Waals surface area contributed by atoms with Gasteiger partial charge >= 0.3 is 6.18 Å². The van der Waals surface area contributed by atoms with E-state index in [0.29, 0.717) is 5.56 Å². The predicted octanol–water partition coefficient (Wildman–Crippen LogP) is 3.59. The normalized spacial score (nSPS) is 12.5. The second-order valence-electron chi connectivity index (χ2n) is 5.34. The highest BCUT2D eigenvalue weighted by Gasteiger charge is 2.32. The molecule has 6 heteroatoms. The summed E-state index contributed by atoms with van der Waals surface area (Å²) in [6, 6.07) is 8.97. The first-order valence-corrected chi connectivity index (χ1v) is 6.71. The van der Waals surface area contributed by atoms with Crippen molar-refractivity contribution in [3.8, 4) is 0 Å². The molecule has 0 saturated carbocycles. The van der Waals surface area contributed by atoms with Gasteiger partial charge in [-0.25, -0.2) is 4.98 Å². The van der Waals surface area contributed by atoms with E-state index in [1.165, 1.54) is 4.90 Å². The molecule has 1 heterocycles. The summed E-state index contributed by atoms with van der Waals surface area (Å²) in [7, 11) is 0. The van der Waals surface area contributed by atoms with Gasteiger partial charge in [0.1, 0.15) is 5.82 Å². The van der Waals surface area contributed by atoms with Crippen LogP contribution < -0.4 is 5.73 Å². The van der Waals surface area contributed by atoms with Crippen LogP contribution in [-0.4, -0.2) is 28.6 Å². The standard InChI is InChI=1S/C15H18F3N3/c1-10(2)21(9-15(16,17)18)8-12-7-11-5-3-4-6-13(11)20-14(12)19/h3-7,10H,8-9H2,1-2H3,(H2,19,20). The third kappa shape index (κ3) is 4.07. The molecule has 0 aliphatic carbocycles. The zero-order chi connectivity index (χ0) is 15.6. The zero-order valence-corrected chi connectivity index (χ0v) is 12.0. The Morgan fingerprint density at radius 2 is 1.90 bits per heavy atom. The van der Waals surface area contributed by atoms with Crippen molar-refractivity contribution >= 4 is 16.7 Å². The molecule has 0 saturated heterocycles. The molecule has 0 fully saturated rings. The third-order valence-electron chi connectivity index (χ3n) is 3.32. The van der Waals surface area contributed by atoms with Gasteiger partial charge in [-0.3, -0.25) is 4.90 Å². The van der Waals surface area contributed by atoms with E-state index in [2.05, 4.69) is 4.98 Å². The summed E-state index contributed by atoms with van der Waals surface area (Å²) in [4.78, 5) is 5.59. The Kier molecular flexibility index (Phi) is 4.37. The highest BCUT2D eigenvalue weighted by atomic mass is 19.4. The number of hydrogen-bond donors (Lipinski definition) is 1. The number of fused-ring (bicyclic) bond motifs is 1. The fourth-order valence-corrected chi connectivity index (χ4v) is 2.17. The Bertz CT molecular complexity index is 623. The number of anilines is 1. The van der Waals surface area contributed by atoms with E-state index in [1.807, 2.05) is 30.3 Å². The lowest BCUT2D eigenvalue weighted by atomic mass is 10.1. The van der Waals surface area contributed by atoms with Crippen LogP contribution in [0.3, 0.4) is 0 Å². The van der Waals surface area contributed by atoms with Gasteiger partial charge in [0.2, 0.25) is 0 Å². The molecular formula is C15H18F3N3. The van der Waals surface area contributed by atoms with Gasteiger partial charge in [0.05, 0.1) is 12.1 Å². The summed E-state index contributed by atoms with van der Waals surface area (Å²) in [5.74, 6) is 0.279. The largest absolute Gasteiger partial charge is 0.401 e. The summed E-state index contributed by atoms with van der Waals surface area (Å²) >= 11 is 0. The lowest BCUT2D eigenvalue weighted by Crippen LogP contribution is -2.38. The molecule has 2 aromatic rings. The SMILES string of the molecule is CC(C)N(Cc1cc2ccccc2nc1N)CC(F)(F)F. The molecule has 0 radical (unpaired) electrons. The van der Waals surface area contributed by atoms with Crippen molar-refractivity contribution in [2.24, 2.45) is 0 Å². The number of nitrogen functional groups attached to an aromatic ring is 1. The number of rotatable bonds is 4. The number of benzene rings is 1. The highest BCUT2D eigenvalue weighted by Crippen LogP contribution is 2.23. The molecule has 0 spiro atoms. The Morgan fingerprint density at radius 3 is 2.52 bits per heavy atom. The molecule has 2 rings (SSSR count). The van der Waals surface area contributed by atoms with Crippen LogP contribution in [0.2, 0.25) is 0 Å². The summed E-state index contributed by atoms with van der Waals surface area (Å²) in [5, 5.41) is 0.873. The van der Waals surface area contributed by atoms with Crippen molar-refractivity contribution in [3.63, 3.8) is 0 Å². The molecule has 21 heavy (non-hydrogen) atoms. The number of alkyl halides is 3. The molecule has 2 N–H and O–H groups in total. The predicted molar refractivity (Wildman–Crippen MR) is 77.8 cm³/mol. The van der Waals surface area contributed by atoms with Gasteiger partial charge in [-0.15, -0.1) is 0 Å². The minimum Gasteiger partial charge on any atom is -0.383 e. The molecule has 1 aromatic carbocycles. The van der Waals surface area contributed by atoms with Crippen LogP contribution in [-0.2, 0) is 6.54 Å². The summed E-state index contributed by atoms with van der Waals surface area (Å²) in [5.41, 5.74) is 7.24. The number of nitrogens with zero attached hydrogens (tertiary/aromatic N) is 2. The van der Waals surface area contributed by atoms with Crippen LogP contribution in [0.25, 0.3) is 10.9 Å². The monoisotopic (exact) mass is 297 g/mol. The number of halogens is 3. The number of para-hydroxylation sites is 1. The van der Waals surface area contributed by atoms with Gasteiger partial charge in [0.15, 0.2) is 0 Å². The Balaban J connectivity index is 2.30. The first-order valence-electron chi connectivity index (χ1n) is 6.71. The molecule has 0 bridgehead atoms. The van der Waals surface area contributed by atoms with Crippen molar-refractivity contribution < 1.29 is 13.2 Å². The van der Waals surface area contributed by atoms with Crippen LogP contribution in [0.5, 0.6) is 0 Å². The molecule has 114 valence electrons. The maximum atomic E-state index is 12.6. The molecule has 0 unspecified atom stereocenters. The summed E-state index contributed by atoms with van der Waals surface area (Å²) in [6.45, 7) is 2.63. The maximum Gasteiger partial charge on any atom is 0.401 e. The number of aromatic nitrogens is 1. The number of hydrogen-bond acceptors (Lipinski definition) is 3. The zero-order valence-electron chi connectivity index (χ0n) is 12.0. The molecule has 0 aliphatic heterocycles. The first-order chi connectivity index (χ1) is 9.76. The van der Waals surface area contributed by atoms with E-state index < -0.39 is 12.7 Å². The third-order valence-corrected chi connectivity index (χ3v) is 3.32. The van der Waals surface area contributed by atoms with Gasteiger partial charge in [0, 0.05) is 23.5 Å². The van der Waals surface area contributed by atoms with E-state index in [-0.39, 0.29) is 18.4 Å². The van der Waals surface area contributed by atoms with Crippen molar-refractivity contribution in [1.82, 2.24) is 9.88 Å². The highest BCUT2D eigenvalue weighted by molar-refractivity contribution is 5.81. The molecule has 0 amide bonds. The first kappa shape index (κ1) is 15.6. The average molecular weight is 297 g/mol. The lowest BCUT2D eigenvalue weighted by molar-refractivity contribution is -0.150. The van der Waals surface area contributed by atoms with Gasteiger partial charge in [0.25, 0.3) is 0 Å². The minimum absolute atomic E-state index is 0.126. The molecular weight excluding hydrogens is 279 g/mol. The summed E-state index contributed by atoms with van der Waals surface area (Å²) in [6.07, 6.45) is -4.23. The molecule has 1 aromatic heterocycles. The quantitative estimate of drug-likeness (QED) is 0.937. The molecule has 0 aliphatic rings. The van der Waals surface area contributed by atoms with Crippen molar-refractivity contribution in [2.45, 2.75) is 32.6 Å². The lowest BCUT2D eigenvalue weighted by Gasteiger charge is -2.27. The maximum absolute atomic E-state index is 12.6. The Morgan fingerprint density at radius 1 is 1.24 bits per heavy atom. The van der Waals surface area contributed by atoms with E-state index >= 15 is 0 Å². The second kappa shape index (κ2) is 5.89. The molecule has 3 nitrogen and oxygen atoms in total. The van der Waals surface area contributed by atoms with Crippen LogP contribution in [0.4, 0.5) is 19.0 Å². The smallest absolute Gasteiger partial charge is 0.383 e. The van der Waals surface area contributed by atoms with Crippen LogP contribution in [0.15, 0.2) is 30.3 Å².